The second-order valence-corrected chi connectivity index (χ2v) is 4.93. The third kappa shape index (κ3) is 2.82. The number of rotatable bonds is 3. The number of methoxy groups -OCH3 is 2. The summed E-state index contributed by atoms with van der Waals surface area (Å²) in [4.78, 5) is 25.8. The van der Waals surface area contributed by atoms with Crippen molar-refractivity contribution in [1.29, 1.82) is 0 Å². The lowest BCUT2D eigenvalue weighted by Crippen LogP contribution is -2.39. The van der Waals surface area contributed by atoms with Crippen molar-refractivity contribution in [3.8, 4) is 0 Å². The van der Waals surface area contributed by atoms with Crippen LogP contribution in [0.5, 0.6) is 0 Å². The number of ether oxygens (including phenoxy) is 3. The molecule has 6 heteroatoms. The van der Waals surface area contributed by atoms with Crippen LogP contribution in [0.2, 0.25) is 0 Å². The molecule has 0 aromatic heterocycles. The molecule has 0 bridgehead atoms. The van der Waals surface area contributed by atoms with Gasteiger partial charge in [0, 0.05) is 5.69 Å². The fourth-order valence-electron chi connectivity index (χ4n) is 2.36. The van der Waals surface area contributed by atoms with Crippen LogP contribution in [0.25, 0.3) is 0 Å². The second-order valence-electron chi connectivity index (χ2n) is 4.93. The van der Waals surface area contributed by atoms with Crippen LogP contribution in [0.15, 0.2) is 29.5 Å². The van der Waals surface area contributed by atoms with Gasteiger partial charge < -0.3 is 19.1 Å². The Morgan fingerprint density at radius 3 is 2.45 bits per heavy atom. The Morgan fingerprint density at radius 2 is 1.82 bits per heavy atom. The average molecular weight is 305 g/mol. The van der Waals surface area contributed by atoms with E-state index in [1.54, 1.807) is 4.90 Å². The Bertz CT molecular complexity index is 635. The van der Waals surface area contributed by atoms with Gasteiger partial charge in [-0.3, -0.25) is 0 Å². The van der Waals surface area contributed by atoms with Crippen LogP contribution >= 0.6 is 0 Å². The lowest BCUT2D eigenvalue weighted by Gasteiger charge is -2.32. The van der Waals surface area contributed by atoms with E-state index < -0.39 is 11.9 Å². The van der Waals surface area contributed by atoms with E-state index in [2.05, 4.69) is 0 Å². The number of carbonyl (C=O) groups excluding carboxylic acids is 2. The van der Waals surface area contributed by atoms with E-state index in [9.17, 15) is 9.59 Å². The largest absolute Gasteiger partial charge is 0.466 e. The first kappa shape index (κ1) is 16.0. The van der Waals surface area contributed by atoms with Crippen LogP contribution in [0.4, 0.5) is 5.69 Å². The van der Waals surface area contributed by atoms with Crippen molar-refractivity contribution < 1.29 is 23.8 Å². The minimum absolute atomic E-state index is 0.0124. The highest BCUT2D eigenvalue weighted by Crippen LogP contribution is 2.30. The fraction of sp³-hybridized carbons (Fsp3) is 0.375. The number of esters is 2. The van der Waals surface area contributed by atoms with Crippen molar-refractivity contribution in [2.24, 2.45) is 0 Å². The molecule has 0 N–H and O–H groups in total. The van der Waals surface area contributed by atoms with Crippen LogP contribution in [-0.4, -0.2) is 39.5 Å². The normalized spacial score (nSPS) is 14.8. The Morgan fingerprint density at radius 1 is 1.14 bits per heavy atom. The molecule has 0 spiro atoms. The Kier molecular flexibility index (Phi) is 4.82. The molecular weight excluding hydrogens is 286 g/mol. The molecule has 0 radical (unpaired) electrons. The third-order valence-electron chi connectivity index (χ3n) is 3.70. The van der Waals surface area contributed by atoms with Gasteiger partial charge in [0.1, 0.15) is 12.4 Å². The van der Waals surface area contributed by atoms with Crippen LogP contribution in [0.1, 0.15) is 11.1 Å². The van der Waals surface area contributed by atoms with Gasteiger partial charge in [-0.15, -0.1) is 0 Å². The summed E-state index contributed by atoms with van der Waals surface area (Å²) in [6.45, 7) is 4.10. The predicted octanol–water partition coefficient (Wildman–Crippen LogP) is 1.70. The first-order valence-corrected chi connectivity index (χ1v) is 6.82. The summed E-state index contributed by atoms with van der Waals surface area (Å²) in [7, 11) is 2.54. The van der Waals surface area contributed by atoms with Crippen molar-refractivity contribution in [3.05, 3.63) is 40.6 Å². The second kappa shape index (κ2) is 6.62. The number of benzene rings is 1. The first-order chi connectivity index (χ1) is 10.5. The van der Waals surface area contributed by atoms with Gasteiger partial charge in [0.25, 0.3) is 0 Å². The molecular formula is C16H19NO5. The molecule has 1 aromatic carbocycles. The molecule has 0 atom stereocenters. The molecule has 0 saturated heterocycles. The van der Waals surface area contributed by atoms with E-state index in [-0.39, 0.29) is 24.6 Å². The fourth-order valence-corrected chi connectivity index (χ4v) is 2.36. The van der Waals surface area contributed by atoms with Crippen molar-refractivity contribution in [3.63, 3.8) is 0 Å². The molecule has 22 heavy (non-hydrogen) atoms. The highest BCUT2D eigenvalue weighted by atomic mass is 16.5. The smallest absolute Gasteiger partial charge is 0.355 e. The lowest BCUT2D eigenvalue weighted by atomic mass is 10.1. The number of anilines is 1. The predicted molar refractivity (Wildman–Crippen MR) is 80.3 cm³/mol. The topological polar surface area (TPSA) is 65.1 Å². The van der Waals surface area contributed by atoms with Crippen molar-refractivity contribution >= 4 is 17.6 Å². The molecule has 0 fully saturated rings. The van der Waals surface area contributed by atoms with Crippen LogP contribution < -0.4 is 4.90 Å². The molecule has 0 unspecified atom stereocenters. The summed E-state index contributed by atoms with van der Waals surface area (Å²) in [5, 5.41) is 0. The Hall–Kier alpha value is -2.34. The molecule has 0 aliphatic carbocycles. The van der Waals surface area contributed by atoms with Gasteiger partial charge in [0.15, 0.2) is 0 Å². The summed E-state index contributed by atoms with van der Waals surface area (Å²) >= 11 is 0. The molecule has 118 valence electrons. The first-order valence-electron chi connectivity index (χ1n) is 6.82. The zero-order valence-electron chi connectivity index (χ0n) is 13.1. The van der Waals surface area contributed by atoms with Gasteiger partial charge in [-0.25, -0.2) is 9.59 Å². The highest BCUT2D eigenvalue weighted by molar-refractivity contribution is 6.03. The minimum Gasteiger partial charge on any atom is -0.466 e. The summed E-state index contributed by atoms with van der Waals surface area (Å²) < 4.78 is 15.0. The van der Waals surface area contributed by atoms with Crippen LogP contribution in [0.3, 0.4) is 0 Å². The zero-order chi connectivity index (χ0) is 16.3. The highest BCUT2D eigenvalue weighted by Gasteiger charge is 2.32. The van der Waals surface area contributed by atoms with Gasteiger partial charge in [-0.05, 0) is 31.0 Å². The van der Waals surface area contributed by atoms with Gasteiger partial charge >= 0.3 is 11.9 Å². The van der Waals surface area contributed by atoms with Crippen LogP contribution in [-0.2, 0) is 23.8 Å². The standard InChI is InChI=1S/C16H19NO5/c1-10-6-5-7-13(11(10)2)17-9-22-8-12(15(18)20-3)14(17)16(19)21-4/h5-7H,8-9H2,1-4H3. The molecule has 2 rings (SSSR count). The number of hydrogen-bond donors (Lipinski definition) is 0. The van der Waals surface area contributed by atoms with Crippen molar-refractivity contribution in [2.75, 3.05) is 32.5 Å². The van der Waals surface area contributed by atoms with Gasteiger partial charge in [0.2, 0.25) is 0 Å². The number of aryl methyl sites for hydroxylation is 1. The maximum absolute atomic E-state index is 12.2. The van der Waals surface area contributed by atoms with Gasteiger partial charge in [-0.1, -0.05) is 12.1 Å². The van der Waals surface area contributed by atoms with Crippen molar-refractivity contribution in [1.82, 2.24) is 0 Å². The number of nitrogens with zero attached hydrogens (tertiary/aromatic N) is 1. The molecule has 1 aromatic rings. The molecule has 1 heterocycles. The molecule has 0 amide bonds. The summed E-state index contributed by atoms with van der Waals surface area (Å²) in [6, 6.07) is 5.74. The number of hydrogen-bond acceptors (Lipinski definition) is 6. The van der Waals surface area contributed by atoms with E-state index in [1.807, 2.05) is 32.0 Å². The quantitative estimate of drug-likeness (QED) is 0.792. The maximum atomic E-state index is 12.2. The van der Waals surface area contributed by atoms with E-state index in [0.717, 1.165) is 16.8 Å². The number of carbonyl (C=O) groups is 2. The van der Waals surface area contributed by atoms with Gasteiger partial charge in [0.05, 0.1) is 26.4 Å². The monoisotopic (exact) mass is 305 g/mol. The average Bonchev–Trinajstić information content (AvgIpc) is 2.55. The molecule has 1 aliphatic heterocycles. The summed E-state index contributed by atoms with van der Waals surface area (Å²) in [6.07, 6.45) is 0. The molecule has 0 saturated carbocycles. The molecule has 1 aliphatic rings. The van der Waals surface area contributed by atoms with Crippen molar-refractivity contribution in [2.45, 2.75) is 13.8 Å². The summed E-state index contributed by atoms with van der Waals surface area (Å²) in [5.41, 5.74) is 3.18. The SMILES string of the molecule is COC(=O)C1=C(C(=O)OC)N(c2cccc(C)c2C)COC1. The van der Waals surface area contributed by atoms with E-state index in [1.165, 1.54) is 14.2 Å². The Labute approximate surface area is 129 Å². The maximum Gasteiger partial charge on any atom is 0.355 e. The Balaban J connectivity index is 2.60. The zero-order valence-corrected chi connectivity index (χ0v) is 13.1. The van der Waals surface area contributed by atoms with Gasteiger partial charge in [-0.2, -0.15) is 0 Å². The van der Waals surface area contributed by atoms with E-state index in [4.69, 9.17) is 14.2 Å². The van der Waals surface area contributed by atoms with Crippen LogP contribution in [0, 0.1) is 13.8 Å². The van der Waals surface area contributed by atoms with E-state index in [0.29, 0.717) is 0 Å². The minimum atomic E-state index is -0.601. The third-order valence-corrected chi connectivity index (χ3v) is 3.70. The summed E-state index contributed by atoms with van der Waals surface area (Å²) in [5.74, 6) is -1.19. The van der Waals surface area contributed by atoms with E-state index >= 15 is 0 Å². The lowest BCUT2D eigenvalue weighted by molar-refractivity contribution is -0.140. The molecule has 6 nitrogen and oxygen atoms in total.